The van der Waals surface area contributed by atoms with Crippen molar-refractivity contribution in [1.82, 2.24) is 0 Å². The molecule has 1 aromatic carbocycles. The van der Waals surface area contributed by atoms with Crippen molar-refractivity contribution in [3.05, 3.63) is 34.9 Å². The summed E-state index contributed by atoms with van der Waals surface area (Å²) in [6.45, 7) is 0. The number of carbonyl (C=O) groups is 1. The Hall–Kier alpha value is -1.45. The molecule has 1 saturated carbocycles. The van der Waals surface area contributed by atoms with E-state index in [0.717, 1.165) is 18.9 Å². The van der Waals surface area contributed by atoms with Crippen LogP contribution >= 0.6 is 0 Å². The fourth-order valence-electron chi connectivity index (χ4n) is 1.55. The Kier molecular flexibility index (Phi) is 1.98. The SMILES string of the molecule is NC(=O)c1ccc(F)c(F)c1C1CC1. The number of hydrogen-bond donors (Lipinski definition) is 1. The van der Waals surface area contributed by atoms with Gasteiger partial charge in [-0.05, 0) is 30.9 Å². The van der Waals surface area contributed by atoms with Crippen molar-refractivity contribution in [2.24, 2.45) is 5.73 Å². The summed E-state index contributed by atoms with van der Waals surface area (Å²) in [6.07, 6.45) is 1.58. The van der Waals surface area contributed by atoms with Gasteiger partial charge in [0.1, 0.15) is 0 Å². The second kappa shape index (κ2) is 3.04. The van der Waals surface area contributed by atoms with Crippen LogP contribution in [-0.2, 0) is 0 Å². The topological polar surface area (TPSA) is 43.1 Å². The van der Waals surface area contributed by atoms with Gasteiger partial charge in [-0.15, -0.1) is 0 Å². The van der Waals surface area contributed by atoms with E-state index in [-0.39, 0.29) is 17.0 Å². The number of hydrogen-bond acceptors (Lipinski definition) is 1. The highest BCUT2D eigenvalue weighted by Gasteiger charge is 2.31. The van der Waals surface area contributed by atoms with Crippen LogP contribution in [0.2, 0.25) is 0 Å². The molecule has 1 aliphatic carbocycles. The van der Waals surface area contributed by atoms with Crippen LogP contribution in [0.15, 0.2) is 12.1 Å². The van der Waals surface area contributed by atoms with E-state index in [4.69, 9.17) is 5.73 Å². The molecule has 2 nitrogen and oxygen atoms in total. The predicted molar refractivity (Wildman–Crippen MR) is 46.9 cm³/mol. The van der Waals surface area contributed by atoms with Crippen LogP contribution in [-0.4, -0.2) is 5.91 Å². The van der Waals surface area contributed by atoms with E-state index in [1.165, 1.54) is 6.07 Å². The van der Waals surface area contributed by atoms with E-state index >= 15 is 0 Å². The fraction of sp³-hybridized carbons (Fsp3) is 0.300. The number of nitrogens with two attached hydrogens (primary N) is 1. The van der Waals surface area contributed by atoms with Gasteiger partial charge in [-0.3, -0.25) is 4.79 Å². The van der Waals surface area contributed by atoms with Crippen LogP contribution < -0.4 is 5.73 Å². The molecule has 0 aromatic heterocycles. The molecular weight excluding hydrogens is 188 g/mol. The van der Waals surface area contributed by atoms with Gasteiger partial charge in [-0.2, -0.15) is 0 Å². The van der Waals surface area contributed by atoms with E-state index in [0.29, 0.717) is 0 Å². The highest BCUT2D eigenvalue weighted by Crippen LogP contribution is 2.43. The Morgan fingerprint density at radius 1 is 1.36 bits per heavy atom. The first-order valence-corrected chi connectivity index (χ1v) is 4.39. The minimum Gasteiger partial charge on any atom is -0.366 e. The Labute approximate surface area is 79.7 Å². The molecule has 0 bridgehead atoms. The zero-order valence-corrected chi connectivity index (χ0v) is 7.39. The van der Waals surface area contributed by atoms with E-state index in [2.05, 4.69) is 0 Å². The van der Waals surface area contributed by atoms with Crippen LogP contribution in [0.1, 0.15) is 34.7 Å². The first-order chi connectivity index (χ1) is 6.61. The summed E-state index contributed by atoms with van der Waals surface area (Å²) in [5.74, 6) is -2.58. The summed E-state index contributed by atoms with van der Waals surface area (Å²) < 4.78 is 26.2. The molecule has 0 saturated heterocycles. The second-order valence-corrected chi connectivity index (χ2v) is 3.46. The quantitative estimate of drug-likeness (QED) is 0.773. The molecule has 0 atom stereocenters. The smallest absolute Gasteiger partial charge is 0.249 e. The first-order valence-electron chi connectivity index (χ1n) is 4.39. The second-order valence-electron chi connectivity index (χ2n) is 3.46. The lowest BCUT2D eigenvalue weighted by molar-refractivity contribution is 0.0998. The molecule has 74 valence electrons. The average molecular weight is 197 g/mol. The fourth-order valence-corrected chi connectivity index (χ4v) is 1.55. The number of primary amides is 1. The summed E-state index contributed by atoms with van der Waals surface area (Å²) in [5.41, 5.74) is 5.32. The molecule has 1 aromatic rings. The van der Waals surface area contributed by atoms with Crippen LogP contribution in [0.25, 0.3) is 0 Å². The Morgan fingerprint density at radius 2 is 2.00 bits per heavy atom. The highest BCUT2D eigenvalue weighted by molar-refractivity contribution is 5.94. The monoisotopic (exact) mass is 197 g/mol. The van der Waals surface area contributed by atoms with Crippen molar-refractivity contribution in [1.29, 1.82) is 0 Å². The van der Waals surface area contributed by atoms with E-state index < -0.39 is 17.5 Å². The van der Waals surface area contributed by atoms with Gasteiger partial charge in [0.25, 0.3) is 0 Å². The average Bonchev–Trinajstić information content (AvgIpc) is 2.92. The van der Waals surface area contributed by atoms with Gasteiger partial charge in [0, 0.05) is 11.1 Å². The van der Waals surface area contributed by atoms with Crippen LogP contribution in [0.4, 0.5) is 8.78 Å². The van der Waals surface area contributed by atoms with Gasteiger partial charge in [-0.1, -0.05) is 0 Å². The highest BCUT2D eigenvalue weighted by atomic mass is 19.2. The van der Waals surface area contributed by atoms with Gasteiger partial charge in [0.15, 0.2) is 11.6 Å². The Bertz CT molecular complexity index is 399. The van der Waals surface area contributed by atoms with Crippen molar-refractivity contribution < 1.29 is 13.6 Å². The van der Waals surface area contributed by atoms with Crippen molar-refractivity contribution in [2.75, 3.05) is 0 Å². The number of amides is 1. The van der Waals surface area contributed by atoms with Gasteiger partial charge in [0.2, 0.25) is 5.91 Å². The van der Waals surface area contributed by atoms with Gasteiger partial charge < -0.3 is 5.73 Å². The zero-order chi connectivity index (χ0) is 10.3. The lowest BCUT2D eigenvalue weighted by Crippen LogP contribution is -2.15. The maximum atomic E-state index is 13.3. The third kappa shape index (κ3) is 1.36. The molecular formula is C10H9F2NO. The minimum absolute atomic E-state index is 0.0341. The van der Waals surface area contributed by atoms with Crippen LogP contribution in [0.5, 0.6) is 0 Å². The van der Waals surface area contributed by atoms with Gasteiger partial charge in [-0.25, -0.2) is 8.78 Å². The van der Waals surface area contributed by atoms with Crippen molar-refractivity contribution in [3.63, 3.8) is 0 Å². The maximum Gasteiger partial charge on any atom is 0.249 e. The molecule has 2 N–H and O–H groups in total. The first kappa shape index (κ1) is 9.12. The van der Waals surface area contributed by atoms with Crippen molar-refractivity contribution in [2.45, 2.75) is 18.8 Å². The summed E-state index contributed by atoms with van der Waals surface area (Å²) in [6, 6.07) is 2.18. The van der Waals surface area contributed by atoms with E-state index in [1.807, 2.05) is 0 Å². The molecule has 0 spiro atoms. The number of rotatable bonds is 2. The van der Waals surface area contributed by atoms with Gasteiger partial charge in [0.05, 0.1) is 0 Å². The standard InChI is InChI=1S/C10H9F2NO/c11-7-4-3-6(10(13)14)8(9(7)12)5-1-2-5/h3-5H,1-2H2,(H2,13,14). The van der Waals surface area contributed by atoms with Crippen LogP contribution in [0, 0.1) is 11.6 Å². The Morgan fingerprint density at radius 3 is 2.50 bits per heavy atom. The maximum absolute atomic E-state index is 13.3. The van der Waals surface area contributed by atoms with E-state index in [1.54, 1.807) is 0 Å². The lowest BCUT2D eigenvalue weighted by Gasteiger charge is -2.06. The summed E-state index contributed by atoms with van der Waals surface area (Å²) in [4.78, 5) is 11.0. The third-order valence-corrected chi connectivity index (χ3v) is 2.38. The Balaban J connectivity index is 2.59. The lowest BCUT2D eigenvalue weighted by atomic mass is 10.0. The third-order valence-electron chi connectivity index (χ3n) is 2.38. The molecule has 0 heterocycles. The largest absolute Gasteiger partial charge is 0.366 e. The number of carbonyl (C=O) groups excluding carboxylic acids is 1. The normalized spacial score (nSPS) is 15.6. The molecule has 4 heteroatoms. The summed E-state index contributed by atoms with van der Waals surface area (Å²) in [5, 5.41) is 0. The molecule has 1 amide bonds. The van der Waals surface area contributed by atoms with E-state index in [9.17, 15) is 13.6 Å². The summed E-state index contributed by atoms with van der Waals surface area (Å²) in [7, 11) is 0. The van der Waals surface area contributed by atoms with Crippen molar-refractivity contribution >= 4 is 5.91 Å². The molecule has 0 unspecified atom stereocenters. The van der Waals surface area contributed by atoms with Crippen molar-refractivity contribution in [3.8, 4) is 0 Å². The molecule has 14 heavy (non-hydrogen) atoms. The van der Waals surface area contributed by atoms with Gasteiger partial charge >= 0.3 is 0 Å². The predicted octanol–water partition coefficient (Wildman–Crippen LogP) is 1.94. The number of halogens is 2. The molecule has 1 fully saturated rings. The molecule has 0 radical (unpaired) electrons. The number of benzene rings is 1. The molecule has 1 aliphatic rings. The molecule has 0 aliphatic heterocycles. The summed E-state index contributed by atoms with van der Waals surface area (Å²) >= 11 is 0. The zero-order valence-electron chi connectivity index (χ0n) is 7.39. The molecule has 2 rings (SSSR count). The van der Waals surface area contributed by atoms with Crippen LogP contribution in [0.3, 0.4) is 0 Å². The minimum atomic E-state index is -0.927.